The molecule has 0 aromatic heterocycles. The van der Waals surface area contributed by atoms with Crippen molar-refractivity contribution < 1.29 is 23.9 Å². The van der Waals surface area contributed by atoms with E-state index < -0.39 is 6.09 Å². The summed E-state index contributed by atoms with van der Waals surface area (Å²) in [6.07, 6.45) is 3.96. The molecule has 204 valence electrons. The van der Waals surface area contributed by atoms with Crippen LogP contribution in [0.15, 0.2) is 61.2 Å². The number of rotatable bonds is 9. The van der Waals surface area contributed by atoms with Crippen molar-refractivity contribution in [3.05, 3.63) is 72.3 Å². The first-order chi connectivity index (χ1) is 19.0. The summed E-state index contributed by atoms with van der Waals surface area (Å²) in [5.41, 5.74) is 4.64. The molecule has 8 nitrogen and oxygen atoms in total. The first-order valence-corrected chi connectivity index (χ1v) is 15.2. The van der Waals surface area contributed by atoms with E-state index in [9.17, 15) is 14.4 Å². The number of nitrogens with one attached hydrogen (secondary N) is 1. The minimum absolute atomic E-state index is 0.0189. The number of carbonyl (C=O) groups excluding carboxylic acids is 3. The Bertz CT molecular complexity index is 1210. The zero-order valence-corrected chi connectivity index (χ0v) is 23.4. The Morgan fingerprint density at radius 3 is 2.23 bits per heavy atom. The summed E-state index contributed by atoms with van der Waals surface area (Å²) in [5.74, 6) is -0.132. The number of piperidine rings is 1. The van der Waals surface area contributed by atoms with Gasteiger partial charge in [-0.05, 0) is 59.7 Å². The summed E-state index contributed by atoms with van der Waals surface area (Å²) < 4.78 is 12.5. The third kappa shape index (κ3) is 5.70. The molecule has 39 heavy (non-hydrogen) atoms. The number of hydrogen-bond acceptors (Lipinski definition) is 6. The summed E-state index contributed by atoms with van der Waals surface area (Å²) in [6, 6.07) is 16.4. The number of benzene rings is 2. The minimum atomic E-state index is -0.545. The topological polar surface area (TPSA) is 88.2 Å². The van der Waals surface area contributed by atoms with Crippen LogP contribution in [-0.2, 0) is 26.1 Å². The van der Waals surface area contributed by atoms with Crippen LogP contribution in [0.3, 0.4) is 0 Å². The first-order valence-electron chi connectivity index (χ1n) is 13.3. The van der Waals surface area contributed by atoms with Crippen LogP contribution in [0.4, 0.5) is 9.59 Å². The van der Waals surface area contributed by atoms with Crippen molar-refractivity contribution in [1.29, 1.82) is 0 Å². The molecule has 1 unspecified atom stereocenters. The molecule has 0 saturated carbocycles. The number of amides is 3. The molecule has 1 N–H and O–H groups in total. The summed E-state index contributed by atoms with van der Waals surface area (Å²) >= 11 is 5.28. The maximum absolute atomic E-state index is 13.0. The molecule has 3 atom stereocenters. The van der Waals surface area contributed by atoms with E-state index in [0.29, 0.717) is 20.3 Å². The van der Waals surface area contributed by atoms with Crippen LogP contribution in [0.5, 0.6) is 0 Å². The van der Waals surface area contributed by atoms with Crippen LogP contribution in [0.25, 0.3) is 11.1 Å². The third-order valence-electron chi connectivity index (χ3n) is 7.88. The van der Waals surface area contributed by atoms with Gasteiger partial charge in [0.2, 0.25) is 5.91 Å². The minimum Gasteiger partial charge on any atom is -0.449 e. The van der Waals surface area contributed by atoms with Gasteiger partial charge in [-0.3, -0.25) is 9.46 Å². The number of alkyl carbamates (subject to hydrolysis) is 1. The molecule has 2 heterocycles. The van der Waals surface area contributed by atoms with Gasteiger partial charge in [-0.2, -0.15) is 0 Å². The van der Waals surface area contributed by atoms with Crippen LogP contribution in [0.2, 0.25) is 0 Å². The van der Waals surface area contributed by atoms with Gasteiger partial charge in [0, 0.05) is 37.0 Å². The zero-order chi connectivity index (χ0) is 27.4. The summed E-state index contributed by atoms with van der Waals surface area (Å²) in [7, 11) is 0.446. The highest BCUT2D eigenvalue weighted by Gasteiger charge is 2.46. The molecule has 5 rings (SSSR count). The lowest BCUT2D eigenvalue weighted by Crippen LogP contribution is -2.52. The maximum Gasteiger partial charge on any atom is 0.410 e. The summed E-state index contributed by atoms with van der Waals surface area (Å²) in [4.78, 5) is 39.8. The molecule has 0 spiro atoms. The number of nitrogens with zero attached hydrogens (tertiary/aromatic N) is 2. The van der Waals surface area contributed by atoms with Gasteiger partial charge in [0.15, 0.2) is 0 Å². The summed E-state index contributed by atoms with van der Waals surface area (Å²) in [5, 5.41) is 2.72. The van der Waals surface area contributed by atoms with Crippen molar-refractivity contribution in [3.63, 3.8) is 0 Å². The molecule has 2 aliphatic heterocycles. The van der Waals surface area contributed by atoms with Crippen molar-refractivity contribution >= 4 is 37.4 Å². The Kier molecular flexibility index (Phi) is 8.58. The van der Waals surface area contributed by atoms with Gasteiger partial charge in [0.05, 0.1) is 7.51 Å². The van der Waals surface area contributed by atoms with Crippen LogP contribution >= 0.6 is 7.51 Å². The fraction of sp³-hybridized carbons (Fsp3) is 0.414. The third-order valence-corrected chi connectivity index (χ3v) is 9.14. The van der Waals surface area contributed by atoms with E-state index in [4.69, 9.17) is 21.3 Å². The van der Waals surface area contributed by atoms with Gasteiger partial charge in [-0.1, -0.05) is 61.2 Å². The standard InChI is InChI=1S/C29H32N3O5PS/c1-2-15-36-29(35)31-19-11-12-20(31)17-21(16-19)32(38-39)27(33)13-14-30-28(34)37-18-26-24-9-5-3-7-22(24)23-8-4-6-10-25(23)26/h2-10,19-21,26H,1,11-18H2,(H,30,34)/t19-,20+,21?. The predicted octanol–water partition coefficient (Wildman–Crippen LogP) is 5.38. The van der Waals surface area contributed by atoms with Crippen LogP contribution in [-0.4, -0.2) is 65.5 Å². The monoisotopic (exact) mass is 565 g/mol. The van der Waals surface area contributed by atoms with Crippen molar-refractivity contribution in [3.8, 4) is 11.1 Å². The molecular formula is C29H32N3O5PS. The molecule has 2 saturated heterocycles. The first kappa shape index (κ1) is 27.3. The Morgan fingerprint density at radius 2 is 1.64 bits per heavy atom. The average Bonchev–Trinajstić information content (AvgIpc) is 3.41. The molecule has 3 amide bonds. The van der Waals surface area contributed by atoms with Gasteiger partial charge in [0.1, 0.15) is 13.2 Å². The molecule has 0 radical (unpaired) electrons. The lowest BCUT2D eigenvalue weighted by Gasteiger charge is -2.40. The highest BCUT2D eigenvalue weighted by molar-refractivity contribution is 7.95. The number of carbonyl (C=O) groups is 3. The Labute approximate surface area is 235 Å². The van der Waals surface area contributed by atoms with Crippen molar-refractivity contribution in [2.45, 2.75) is 56.1 Å². The zero-order valence-electron chi connectivity index (χ0n) is 21.7. The van der Waals surface area contributed by atoms with E-state index in [1.54, 1.807) is 10.7 Å². The van der Waals surface area contributed by atoms with Crippen LogP contribution in [0.1, 0.15) is 49.1 Å². The van der Waals surface area contributed by atoms with E-state index in [1.807, 2.05) is 29.2 Å². The van der Waals surface area contributed by atoms with Gasteiger partial charge in [-0.25, -0.2) is 9.59 Å². The van der Waals surface area contributed by atoms with E-state index in [2.05, 4.69) is 36.2 Å². The lowest BCUT2D eigenvalue weighted by molar-refractivity contribution is -0.128. The van der Waals surface area contributed by atoms with E-state index in [1.165, 1.54) is 11.1 Å². The number of hydrogen-bond donors (Lipinski definition) is 1. The Morgan fingerprint density at radius 1 is 1.03 bits per heavy atom. The van der Waals surface area contributed by atoms with Gasteiger partial charge in [-0.15, -0.1) is 0 Å². The SMILES string of the molecule is C=CCOC(=O)N1[C@@H]2CC[C@H]1CC(N(P=S)C(=O)CCNC(=O)OCC1c3ccccc3-c3ccccc31)C2. The van der Waals surface area contributed by atoms with Gasteiger partial charge in [0.25, 0.3) is 0 Å². The maximum atomic E-state index is 13.0. The fourth-order valence-corrected chi connectivity index (χ4v) is 7.39. The highest BCUT2D eigenvalue weighted by Crippen LogP contribution is 2.44. The van der Waals surface area contributed by atoms with E-state index in [0.717, 1.165) is 24.0 Å². The van der Waals surface area contributed by atoms with Crippen LogP contribution < -0.4 is 5.32 Å². The normalized spacial score (nSPS) is 21.1. The largest absolute Gasteiger partial charge is 0.449 e. The van der Waals surface area contributed by atoms with Crippen LogP contribution in [0, 0.1) is 0 Å². The highest BCUT2D eigenvalue weighted by atomic mass is 32.4. The van der Waals surface area contributed by atoms with E-state index in [-0.39, 0.29) is 62.2 Å². The second-order valence-corrected chi connectivity index (χ2v) is 11.2. The molecule has 3 aliphatic rings. The number of fused-ring (bicyclic) bond motifs is 5. The molecule has 1 aliphatic carbocycles. The average molecular weight is 566 g/mol. The van der Waals surface area contributed by atoms with Gasteiger partial charge >= 0.3 is 12.2 Å². The number of ether oxygens (including phenoxy) is 2. The Balaban J connectivity index is 1.09. The molecule has 2 bridgehead atoms. The second-order valence-electron chi connectivity index (χ2n) is 10.1. The summed E-state index contributed by atoms with van der Waals surface area (Å²) in [6.45, 7) is 4.16. The van der Waals surface area contributed by atoms with Crippen molar-refractivity contribution in [1.82, 2.24) is 14.9 Å². The smallest absolute Gasteiger partial charge is 0.410 e. The molecule has 2 fully saturated rings. The molecule has 2 aromatic carbocycles. The molecular weight excluding hydrogens is 533 g/mol. The predicted molar refractivity (Wildman–Crippen MR) is 152 cm³/mol. The Hall–Kier alpha value is -3.29. The van der Waals surface area contributed by atoms with Crippen molar-refractivity contribution in [2.75, 3.05) is 19.8 Å². The lowest BCUT2D eigenvalue weighted by atomic mass is 9.97. The second kappa shape index (κ2) is 12.3. The van der Waals surface area contributed by atoms with Gasteiger partial charge < -0.3 is 19.7 Å². The molecule has 10 heteroatoms. The fourth-order valence-electron chi connectivity index (χ4n) is 6.20. The molecule has 2 aromatic rings. The van der Waals surface area contributed by atoms with E-state index >= 15 is 0 Å². The van der Waals surface area contributed by atoms with Crippen molar-refractivity contribution in [2.24, 2.45) is 0 Å². The quantitative estimate of drug-likeness (QED) is 0.324.